The predicted octanol–water partition coefficient (Wildman–Crippen LogP) is 4.62. The lowest BCUT2D eigenvalue weighted by Gasteiger charge is -2.26. The molecule has 2 heterocycles. The molecule has 2 aromatic rings. The Morgan fingerprint density at radius 2 is 1.90 bits per heavy atom. The third-order valence-corrected chi connectivity index (χ3v) is 7.77. The highest BCUT2D eigenvalue weighted by Gasteiger charge is 2.27. The fourth-order valence-electron chi connectivity index (χ4n) is 4.85. The first-order chi connectivity index (χ1) is 14.1. The van der Waals surface area contributed by atoms with Crippen LogP contribution in [0.3, 0.4) is 0 Å². The van der Waals surface area contributed by atoms with Crippen LogP contribution in [0, 0.1) is 18.8 Å². The Morgan fingerprint density at radius 1 is 1.17 bits per heavy atom. The Morgan fingerprint density at radius 3 is 2.59 bits per heavy atom. The number of hydrogen-bond donors (Lipinski definition) is 1. The zero-order chi connectivity index (χ0) is 20.4. The molecule has 6 nitrogen and oxygen atoms in total. The monoisotopic (exact) mass is 417 g/mol. The van der Waals surface area contributed by atoms with Crippen molar-refractivity contribution >= 4 is 33.4 Å². The molecule has 158 valence electrons. The van der Waals surface area contributed by atoms with E-state index in [0.717, 1.165) is 46.5 Å². The summed E-state index contributed by atoms with van der Waals surface area (Å²) in [5.41, 5.74) is 1.02. The Labute approximate surface area is 176 Å². The van der Waals surface area contributed by atoms with Gasteiger partial charge in [-0.3, -0.25) is 14.3 Å². The number of amides is 1. The van der Waals surface area contributed by atoms with Crippen LogP contribution in [0.15, 0.2) is 6.07 Å². The summed E-state index contributed by atoms with van der Waals surface area (Å²) in [6, 6.07) is 2.48. The molecular weight excluding hydrogens is 386 g/mol. The first-order valence-corrected chi connectivity index (χ1v) is 11.7. The molecule has 2 saturated carbocycles. The quantitative estimate of drug-likeness (QED) is 0.721. The van der Waals surface area contributed by atoms with Crippen molar-refractivity contribution in [1.29, 1.82) is 0 Å². The third-order valence-electron chi connectivity index (χ3n) is 6.65. The van der Waals surface area contributed by atoms with Crippen LogP contribution < -0.4 is 5.32 Å². The zero-order valence-electron chi connectivity index (χ0n) is 17.4. The van der Waals surface area contributed by atoms with Crippen molar-refractivity contribution in [2.24, 2.45) is 11.8 Å². The van der Waals surface area contributed by atoms with Crippen molar-refractivity contribution < 1.29 is 14.3 Å². The lowest BCUT2D eigenvalue weighted by atomic mass is 9.82. The number of nitrogens with one attached hydrogen (secondary N) is 1. The Bertz CT molecular complexity index is 873. The van der Waals surface area contributed by atoms with E-state index in [-0.39, 0.29) is 17.8 Å². The number of methoxy groups -OCH3 is 1. The highest BCUT2D eigenvalue weighted by atomic mass is 32.1. The number of carbonyl (C=O) groups is 2. The minimum Gasteiger partial charge on any atom is -0.469 e. The third kappa shape index (κ3) is 4.34. The van der Waals surface area contributed by atoms with Gasteiger partial charge in [0, 0.05) is 11.9 Å². The Balaban J connectivity index is 1.37. The highest BCUT2D eigenvalue weighted by molar-refractivity contribution is 7.20. The number of nitrogens with zero attached hydrogens (tertiary/aromatic N) is 2. The number of hydrogen-bond acceptors (Lipinski definition) is 5. The van der Waals surface area contributed by atoms with Gasteiger partial charge < -0.3 is 10.1 Å². The molecule has 0 spiro atoms. The second-order valence-corrected chi connectivity index (χ2v) is 9.63. The summed E-state index contributed by atoms with van der Waals surface area (Å²) in [7, 11) is 1.45. The van der Waals surface area contributed by atoms with Gasteiger partial charge in [-0.05, 0) is 57.4 Å². The molecule has 4 rings (SSSR count). The van der Waals surface area contributed by atoms with Gasteiger partial charge in [0.1, 0.15) is 4.83 Å². The molecule has 0 bridgehead atoms. The average molecular weight is 418 g/mol. The maximum Gasteiger partial charge on any atom is 0.308 e. The fraction of sp³-hybridized carbons (Fsp3) is 0.682. The van der Waals surface area contributed by atoms with Crippen molar-refractivity contribution in [1.82, 2.24) is 15.1 Å². The van der Waals surface area contributed by atoms with E-state index in [1.54, 1.807) is 11.3 Å². The van der Waals surface area contributed by atoms with Gasteiger partial charge in [0.2, 0.25) is 0 Å². The number of fused-ring (bicyclic) bond motifs is 1. The molecule has 2 aromatic heterocycles. The van der Waals surface area contributed by atoms with E-state index in [1.807, 2.05) is 13.0 Å². The van der Waals surface area contributed by atoms with Crippen molar-refractivity contribution in [2.45, 2.75) is 70.8 Å². The molecule has 1 N–H and O–H groups in total. The van der Waals surface area contributed by atoms with E-state index in [0.29, 0.717) is 18.5 Å². The number of carbonyl (C=O) groups excluding carboxylic acids is 2. The SMILES string of the molecule is COC(=O)C1CCC(CNC(=O)c2cc3c(C)nn(C4CCCCC4)c3s2)CC1. The van der Waals surface area contributed by atoms with Gasteiger partial charge in [-0.15, -0.1) is 11.3 Å². The second kappa shape index (κ2) is 8.86. The van der Waals surface area contributed by atoms with Gasteiger partial charge in [-0.2, -0.15) is 5.10 Å². The van der Waals surface area contributed by atoms with Crippen LogP contribution in [0.2, 0.25) is 0 Å². The van der Waals surface area contributed by atoms with E-state index in [2.05, 4.69) is 10.00 Å². The molecule has 2 aliphatic rings. The van der Waals surface area contributed by atoms with E-state index in [1.165, 1.54) is 39.2 Å². The van der Waals surface area contributed by atoms with Crippen LogP contribution in [0.1, 0.15) is 79.2 Å². The first kappa shape index (κ1) is 20.4. The molecule has 0 aliphatic heterocycles. The first-order valence-electron chi connectivity index (χ1n) is 10.9. The molecule has 0 atom stereocenters. The molecule has 0 aromatic carbocycles. The number of esters is 1. The van der Waals surface area contributed by atoms with Gasteiger partial charge in [0.25, 0.3) is 5.91 Å². The number of aromatic nitrogens is 2. The van der Waals surface area contributed by atoms with Crippen molar-refractivity contribution in [3.8, 4) is 0 Å². The summed E-state index contributed by atoms with van der Waals surface area (Å²) in [6.45, 7) is 2.71. The minimum absolute atomic E-state index is 0.0101. The normalized spacial score (nSPS) is 23.2. The van der Waals surface area contributed by atoms with E-state index >= 15 is 0 Å². The number of thiophene rings is 1. The number of rotatable bonds is 5. The molecule has 0 saturated heterocycles. The van der Waals surface area contributed by atoms with Gasteiger partial charge in [-0.1, -0.05) is 19.3 Å². The second-order valence-electron chi connectivity index (χ2n) is 8.60. The summed E-state index contributed by atoms with van der Waals surface area (Å²) in [5, 5.41) is 9.02. The van der Waals surface area contributed by atoms with Crippen LogP contribution in [0.4, 0.5) is 0 Å². The minimum atomic E-state index is -0.0971. The van der Waals surface area contributed by atoms with Crippen LogP contribution in [0.25, 0.3) is 10.2 Å². The fourth-order valence-corrected chi connectivity index (χ4v) is 6.00. The smallest absolute Gasteiger partial charge is 0.308 e. The van der Waals surface area contributed by atoms with Gasteiger partial charge in [0.15, 0.2) is 0 Å². The summed E-state index contributed by atoms with van der Waals surface area (Å²) < 4.78 is 7.03. The van der Waals surface area contributed by atoms with Crippen LogP contribution in [0.5, 0.6) is 0 Å². The Kier molecular flexibility index (Phi) is 6.23. The average Bonchev–Trinajstić information content (AvgIpc) is 3.33. The Hall–Kier alpha value is -1.89. The van der Waals surface area contributed by atoms with Crippen molar-refractivity contribution in [3.63, 3.8) is 0 Å². The topological polar surface area (TPSA) is 73.2 Å². The largest absolute Gasteiger partial charge is 0.469 e. The summed E-state index contributed by atoms with van der Waals surface area (Å²) in [4.78, 5) is 26.3. The van der Waals surface area contributed by atoms with Crippen molar-refractivity contribution in [2.75, 3.05) is 13.7 Å². The lowest BCUT2D eigenvalue weighted by Crippen LogP contribution is -2.32. The molecule has 2 aliphatic carbocycles. The zero-order valence-corrected chi connectivity index (χ0v) is 18.2. The van der Waals surface area contributed by atoms with E-state index in [4.69, 9.17) is 9.84 Å². The standard InChI is InChI=1S/C22H31N3O3S/c1-14-18-12-19(29-21(18)25(24-14)17-6-4-3-5-7-17)20(26)23-13-15-8-10-16(11-9-15)22(27)28-2/h12,15-17H,3-11,13H2,1-2H3,(H,23,26). The molecule has 7 heteroatoms. The van der Waals surface area contributed by atoms with E-state index < -0.39 is 0 Å². The van der Waals surface area contributed by atoms with E-state index in [9.17, 15) is 9.59 Å². The summed E-state index contributed by atoms with van der Waals surface area (Å²) in [6.07, 6.45) is 9.85. The van der Waals surface area contributed by atoms with Gasteiger partial charge in [-0.25, -0.2) is 0 Å². The highest BCUT2D eigenvalue weighted by Crippen LogP contribution is 2.35. The summed E-state index contributed by atoms with van der Waals surface area (Å²) in [5.74, 6) is 0.380. The number of ether oxygens (including phenoxy) is 1. The lowest BCUT2D eigenvalue weighted by molar-refractivity contribution is -0.146. The maximum absolute atomic E-state index is 12.8. The van der Waals surface area contributed by atoms with Crippen LogP contribution >= 0.6 is 11.3 Å². The summed E-state index contributed by atoms with van der Waals surface area (Å²) >= 11 is 1.57. The van der Waals surface area contributed by atoms with Crippen molar-refractivity contribution in [3.05, 3.63) is 16.6 Å². The molecule has 1 amide bonds. The molecule has 0 radical (unpaired) electrons. The molecule has 0 unspecified atom stereocenters. The van der Waals surface area contributed by atoms with Crippen LogP contribution in [-0.2, 0) is 9.53 Å². The molecule has 29 heavy (non-hydrogen) atoms. The van der Waals surface area contributed by atoms with Crippen LogP contribution in [-0.4, -0.2) is 35.3 Å². The molecular formula is C22H31N3O3S. The number of aryl methyl sites for hydroxylation is 1. The van der Waals surface area contributed by atoms with Gasteiger partial charge >= 0.3 is 5.97 Å². The predicted molar refractivity (Wildman–Crippen MR) is 114 cm³/mol. The van der Waals surface area contributed by atoms with Gasteiger partial charge in [0.05, 0.1) is 29.6 Å². The maximum atomic E-state index is 12.8. The molecule has 2 fully saturated rings.